The van der Waals surface area contributed by atoms with E-state index in [1.807, 2.05) is 12.1 Å². The zero-order valence-electron chi connectivity index (χ0n) is 13.8. The Balaban J connectivity index is 2.06. The number of halogens is 1. The van der Waals surface area contributed by atoms with Crippen LogP contribution in [0.4, 0.5) is 10.1 Å². The predicted molar refractivity (Wildman–Crippen MR) is 92.2 cm³/mol. The Morgan fingerprint density at radius 1 is 1.00 bits per heavy atom. The SMILES string of the molecule is CC(C)(C)c1ccc(NC(=O)CS(=O)(=O)c2ccc(F)cc2)cc1. The summed E-state index contributed by atoms with van der Waals surface area (Å²) in [6, 6.07) is 11.7. The molecular formula is C18H20FNO3S. The lowest BCUT2D eigenvalue weighted by Gasteiger charge is -2.19. The van der Waals surface area contributed by atoms with Crippen molar-refractivity contribution in [2.24, 2.45) is 0 Å². The smallest absolute Gasteiger partial charge is 0.239 e. The van der Waals surface area contributed by atoms with Gasteiger partial charge >= 0.3 is 0 Å². The first-order valence-corrected chi connectivity index (χ1v) is 9.12. The second-order valence-electron chi connectivity index (χ2n) is 6.59. The van der Waals surface area contributed by atoms with Crippen LogP contribution in [0.25, 0.3) is 0 Å². The van der Waals surface area contributed by atoms with Crippen LogP contribution < -0.4 is 5.32 Å². The number of anilines is 1. The second-order valence-corrected chi connectivity index (χ2v) is 8.58. The third kappa shape index (κ3) is 4.64. The number of amides is 1. The van der Waals surface area contributed by atoms with Crippen molar-refractivity contribution in [3.05, 3.63) is 59.9 Å². The van der Waals surface area contributed by atoms with Gasteiger partial charge in [0.1, 0.15) is 11.6 Å². The summed E-state index contributed by atoms with van der Waals surface area (Å²) in [5.74, 6) is -1.86. The molecule has 0 spiro atoms. The number of nitrogens with one attached hydrogen (secondary N) is 1. The van der Waals surface area contributed by atoms with Crippen LogP contribution >= 0.6 is 0 Å². The molecule has 0 fully saturated rings. The standard InChI is InChI=1S/C18H20FNO3S/c1-18(2,3)13-4-8-15(9-5-13)20-17(21)12-24(22,23)16-10-6-14(19)7-11-16/h4-11H,12H2,1-3H3,(H,20,21). The average molecular weight is 349 g/mol. The maximum absolute atomic E-state index is 12.9. The van der Waals surface area contributed by atoms with Crippen molar-refractivity contribution < 1.29 is 17.6 Å². The lowest BCUT2D eigenvalue weighted by molar-refractivity contribution is -0.113. The highest BCUT2D eigenvalue weighted by atomic mass is 32.2. The molecule has 1 N–H and O–H groups in total. The van der Waals surface area contributed by atoms with Gasteiger partial charge in [-0.15, -0.1) is 0 Å². The highest BCUT2D eigenvalue weighted by Crippen LogP contribution is 2.23. The van der Waals surface area contributed by atoms with Gasteiger partial charge in [-0.3, -0.25) is 4.79 Å². The third-order valence-electron chi connectivity index (χ3n) is 3.53. The first-order chi connectivity index (χ1) is 11.1. The maximum Gasteiger partial charge on any atom is 0.239 e. The van der Waals surface area contributed by atoms with Crippen LogP contribution in [0.2, 0.25) is 0 Å². The van der Waals surface area contributed by atoms with E-state index in [0.29, 0.717) is 5.69 Å². The van der Waals surface area contributed by atoms with Gasteiger partial charge in [0.2, 0.25) is 5.91 Å². The summed E-state index contributed by atoms with van der Waals surface area (Å²) in [6.45, 7) is 6.24. The van der Waals surface area contributed by atoms with Crippen LogP contribution in [-0.4, -0.2) is 20.1 Å². The zero-order valence-corrected chi connectivity index (χ0v) is 14.7. The van der Waals surface area contributed by atoms with Gasteiger partial charge in [0.05, 0.1) is 4.90 Å². The minimum absolute atomic E-state index is 0.00549. The minimum Gasteiger partial charge on any atom is -0.325 e. The van der Waals surface area contributed by atoms with Crippen LogP contribution in [0.3, 0.4) is 0 Å². The summed E-state index contributed by atoms with van der Waals surface area (Å²) in [5.41, 5.74) is 1.64. The van der Waals surface area contributed by atoms with E-state index in [2.05, 4.69) is 26.1 Å². The molecule has 128 valence electrons. The van der Waals surface area contributed by atoms with Crippen LogP contribution in [0, 0.1) is 5.82 Å². The molecule has 1 amide bonds. The fraction of sp³-hybridized carbons (Fsp3) is 0.278. The molecule has 6 heteroatoms. The molecule has 0 aliphatic carbocycles. The predicted octanol–water partition coefficient (Wildman–Crippen LogP) is 3.54. The third-order valence-corrected chi connectivity index (χ3v) is 5.16. The van der Waals surface area contributed by atoms with Gasteiger partial charge in [0.25, 0.3) is 0 Å². The lowest BCUT2D eigenvalue weighted by atomic mass is 9.87. The molecular weight excluding hydrogens is 329 g/mol. The number of carbonyl (C=O) groups excluding carboxylic acids is 1. The summed E-state index contributed by atoms with van der Waals surface area (Å²) in [6.07, 6.45) is 0. The van der Waals surface area contributed by atoms with Crippen LogP contribution in [0.15, 0.2) is 53.4 Å². The van der Waals surface area contributed by atoms with E-state index in [-0.39, 0.29) is 10.3 Å². The van der Waals surface area contributed by atoms with Crippen molar-refractivity contribution in [1.29, 1.82) is 0 Å². The fourth-order valence-electron chi connectivity index (χ4n) is 2.15. The van der Waals surface area contributed by atoms with Crippen LogP contribution in [0.5, 0.6) is 0 Å². The van der Waals surface area contributed by atoms with Crippen molar-refractivity contribution in [3.63, 3.8) is 0 Å². The fourth-order valence-corrected chi connectivity index (χ4v) is 3.28. The van der Waals surface area contributed by atoms with Crippen molar-refractivity contribution >= 4 is 21.4 Å². The number of rotatable bonds is 4. The van der Waals surface area contributed by atoms with Crippen molar-refractivity contribution in [3.8, 4) is 0 Å². The van der Waals surface area contributed by atoms with Gasteiger partial charge in [-0.1, -0.05) is 32.9 Å². The molecule has 24 heavy (non-hydrogen) atoms. The van der Waals surface area contributed by atoms with E-state index in [1.165, 1.54) is 0 Å². The Kier molecular flexibility index (Phi) is 5.08. The number of hydrogen-bond acceptors (Lipinski definition) is 3. The number of sulfone groups is 1. The van der Waals surface area contributed by atoms with Gasteiger partial charge in [-0.2, -0.15) is 0 Å². The van der Waals surface area contributed by atoms with E-state index in [9.17, 15) is 17.6 Å². The molecule has 0 aliphatic heterocycles. The lowest BCUT2D eigenvalue weighted by Crippen LogP contribution is -2.23. The average Bonchev–Trinajstić information content (AvgIpc) is 2.46. The Morgan fingerprint density at radius 3 is 2.04 bits per heavy atom. The van der Waals surface area contributed by atoms with E-state index < -0.39 is 27.3 Å². The molecule has 0 saturated carbocycles. The summed E-state index contributed by atoms with van der Waals surface area (Å²) >= 11 is 0. The summed E-state index contributed by atoms with van der Waals surface area (Å²) in [5, 5.41) is 2.57. The maximum atomic E-state index is 12.9. The van der Waals surface area contributed by atoms with E-state index in [1.54, 1.807) is 12.1 Å². The first-order valence-electron chi connectivity index (χ1n) is 7.47. The molecule has 0 aromatic heterocycles. The molecule has 0 bridgehead atoms. The second kappa shape index (κ2) is 6.73. The Bertz CT molecular complexity index is 820. The molecule has 0 aliphatic rings. The normalized spacial score (nSPS) is 12.0. The van der Waals surface area contributed by atoms with Gasteiger partial charge in [-0.05, 0) is 47.4 Å². The van der Waals surface area contributed by atoms with E-state index in [0.717, 1.165) is 29.8 Å². The zero-order chi connectivity index (χ0) is 18.0. The first kappa shape index (κ1) is 18.1. The van der Waals surface area contributed by atoms with Gasteiger partial charge in [0.15, 0.2) is 9.84 Å². The monoisotopic (exact) mass is 349 g/mol. The summed E-state index contributed by atoms with van der Waals surface area (Å²) in [7, 11) is -3.81. The van der Waals surface area contributed by atoms with Crippen molar-refractivity contribution in [2.45, 2.75) is 31.1 Å². The molecule has 0 atom stereocenters. The molecule has 0 saturated heterocycles. The van der Waals surface area contributed by atoms with E-state index >= 15 is 0 Å². The summed E-state index contributed by atoms with van der Waals surface area (Å²) < 4.78 is 37.2. The van der Waals surface area contributed by atoms with Gasteiger partial charge < -0.3 is 5.32 Å². The minimum atomic E-state index is -3.81. The Labute approximate surface area is 141 Å². The molecule has 4 nitrogen and oxygen atoms in total. The van der Waals surface area contributed by atoms with Crippen molar-refractivity contribution in [2.75, 3.05) is 11.1 Å². The number of benzene rings is 2. The van der Waals surface area contributed by atoms with Crippen LogP contribution in [-0.2, 0) is 20.0 Å². The quantitative estimate of drug-likeness (QED) is 0.859. The largest absolute Gasteiger partial charge is 0.325 e. The molecule has 0 radical (unpaired) electrons. The van der Waals surface area contributed by atoms with Crippen molar-refractivity contribution in [1.82, 2.24) is 0 Å². The molecule has 0 heterocycles. The molecule has 2 aromatic rings. The topological polar surface area (TPSA) is 63.2 Å². The van der Waals surface area contributed by atoms with E-state index in [4.69, 9.17) is 0 Å². The molecule has 2 rings (SSSR count). The molecule has 0 unspecified atom stereocenters. The highest BCUT2D eigenvalue weighted by Gasteiger charge is 2.20. The van der Waals surface area contributed by atoms with Gasteiger partial charge in [0, 0.05) is 5.69 Å². The van der Waals surface area contributed by atoms with Gasteiger partial charge in [-0.25, -0.2) is 12.8 Å². The Morgan fingerprint density at radius 2 is 1.54 bits per heavy atom. The number of hydrogen-bond donors (Lipinski definition) is 1. The molecule has 2 aromatic carbocycles. The highest BCUT2D eigenvalue weighted by molar-refractivity contribution is 7.92. The number of carbonyl (C=O) groups is 1. The Hall–Kier alpha value is -2.21. The van der Waals surface area contributed by atoms with Crippen LogP contribution in [0.1, 0.15) is 26.3 Å². The summed E-state index contributed by atoms with van der Waals surface area (Å²) in [4.78, 5) is 11.9.